The smallest absolute Gasteiger partial charge is 0.191 e. The molecular weight excluding hydrogens is 453 g/mol. The van der Waals surface area contributed by atoms with Crippen LogP contribution in [0.3, 0.4) is 0 Å². The zero-order chi connectivity index (χ0) is 18.2. The van der Waals surface area contributed by atoms with Crippen molar-refractivity contribution in [1.82, 2.24) is 10.6 Å². The van der Waals surface area contributed by atoms with Gasteiger partial charge in [-0.2, -0.15) is 0 Å². The molecule has 0 heterocycles. The lowest BCUT2D eigenvalue weighted by atomic mass is 10.1. The van der Waals surface area contributed by atoms with Crippen LogP contribution in [0.25, 0.3) is 0 Å². The van der Waals surface area contributed by atoms with Crippen LogP contribution in [-0.2, 0) is 9.84 Å². The predicted octanol–water partition coefficient (Wildman–Crippen LogP) is 2.61. The number of nitrogens with zero attached hydrogens (tertiary/aromatic N) is 1. The normalized spacial score (nSPS) is 13.1. The monoisotopic (exact) mass is 483 g/mol. The Bertz CT molecular complexity index is 631. The number of hydrogen-bond acceptors (Lipinski definition) is 4. The highest BCUT2D eigenvalue weighted by Gasteiger charge is 2.09. The number of rotatable bonds is 8. The summed E-state index contributed by atoms with van der Waals surface area (Å²) in [5.74, 6) is 2.00. The Morgan fingerprint density at radius 2 is 1.80 bits per heavy atom. The first kappa shape index (κ1) is 24.0. The fraction of sp³-hybridized carbons (Fsp3) is 0.588. The number of halogens is 1. The van der Waals surface area contributed by atoms with E-state index in [2.05, 4.69) is 29.5 Å². The zero-order valence-corrected chi connectivity index (χ0v) is 18.7. The minimum absolute atomic E-state index is 0. The van der Waals surface area contributed by atoms with Gasteiger partial charge in [-0.15, -0.1) is 24.0 Å². The molecule has 0 aliphatic carbocycles. The van der Waals surface area contributed by atoms with Crippen molar-refractivity contribution in [3.05, 3.63) is 29.8 Å². The first-order valence-electron chi connectivity index (χ1n) is 8.09. The first-order valence-corrected chi connectivity index (χ1v) is 10.1. The van der Waals surface area contributed by atoms with Gasteiger partial charge < -0.3 is 15.4 Å². The summed E-state index contributed by atoms with van der Waals surface area (Å²) in [6.07, 6.45) is 1.22. The Hall–Kier alpha value is -1.03. The van der Waals surface area contributed by atoms with Crippen molar-refractivity contribution in [2.75, 3.05) is 32.2 Å². The summed E-state index contributed by atoms with van der Waals surface area (Å²) in [5, 5.41) is 6.25. The Labute approximate surface area is 168 Å². The fourth-order valence-corrected chi connectivity index (χ4v) is 2.43. The SMILES string of the molecule is CN=C(NCCS(C)(=O)=O)NC(C)c1ccc(OCC(C)C)cc1.I. The van der Waals surface area contributed by atoms with Gasteiger partial charge in [-0.3, -0.25) is 4.99 Å². The summed E-state index contributed by atoms with van der Waals surface area (Å²) in [6, 6.07) is 7.97. The quantitative estimate of drug-likeness (QED) is 0.338. The number of ether oxygens (including phenoxy) is 1. The average Bonchev–Trinajstić information content (AvgIpc) is 2.51. The lowest BCUT2D eigenvalue weighted by Crippen LogP contribution is -2.40. The van der Waals surface area contributed by atoms with E-state index >= 15 is 0 Å². The van der Waals surface area contributed by atoms with Gasteiger partial charge in [-0.25, -0.2) is 8.42 Å². The number of guanidine groups is 1. The first-order chi connectivity index (χ1) is 11.2. The molecule has 1 rings (SSSR count). The third kappa shape index (κ3) is 10.5. The Morgan fingerprint density at radius 1 is 1.20 bits per heavy atom. The van der Waals surface area contributed by atoms with Gasteiger partial charge in [0.05, 0.1) is 18.4 Å². The molecule has 1 atom stereocenters. The van der Waals surface area contributed by atoms with Gasteiger partial charge in [-0.05, 0) is 30.5 Å². The van der Waals surface area contributed by atoms with Crippen LogP contribution in [0.4, 0.5) is 0 Å². The molecule has 0 fully saturated rings. The molecule has 144 valence electrons. The molecular formula is C17H30IN3O3S. The molecule has 0 aromatic heterocycles. The fourth-order valence-electron chi connectivity index (χ4n) is 1.95. The molecule has 0 aliphatic rings. The van der Waals surface area contributed by atoms with Crippen LogP contribution in [0.1, 0.15) is 32.4 Å². The second-order valence-corrected chi connectivity index (χ2v) is 8.53. The van der Waals surface area contributed by atoms with Crippen LogP contribution >= 0.6 is 24.0 Å². The van der Waals surface area contributed by atoms with Crippen molar-refractivity contribution in [2.24, 2.45) is 10.9 Å². The summed E-state index contributed by atoms with van der Waals surface area (Å²) in [6.45, 7) is 7.27. The standard InChI is InChI=1S/C17H29N3O3S.HI/c1-13(2)12-23-16-8-6-15(7-9-16)14(3)20-17(18-4)19-10-11-24(5,21)22;/h6-9,13-14H,10-12H2,1-5H3,(H2,18,19,20);1H. The number of hydrogen-bond donors (Lipinski definition) is 2. The maximum absolute atomic E-state index is 11.2. The van der Waals surface area contributed by atoms with Crippen LogP contribution in [0.15, 0.2) is 29.3 Å². The van der Waals surface area contributed by atoms with E-state index in [0.717, 1.165) is 11.3 Å². The Balaban J connectivity index is 0.00000576. The van der Waals surface area contributed by atoms with Crippen LogP contribution in [-0.4, -0.2) is 46.6 Å². The van der Waals surface area contributed by atoms with Crippen LogP contribution in [0.2, 0.25) is 0 Å². The largest absolute Gasteiger partial charge is 0.493 e. The van der Waals surface area contributed by atoms with Gasteiger partial charge in [0.2, 0.25) is 0 Å². The molecule has 0 bridgehead atoms. The molecule has 0 spiro atoms. The third-order valence-electron chi connectivity index (χ3n) is 3.31. The number of nitrogens with one attached hydrogen (secondary N) is 2. The molecule has 0 saturated carbocycles. The van der Waals surface area contributed by atoms with Crippen molar-refractivity contribution in [2.45, 2.75) is 26.8 Å². The van der Waals surface area contributed by atoms with Gasteiger partial charge in [0.25, 0.3) is 0 Å². The van der Waals surface area contributed by atoms with Crippen molar-refractivity contribution < 1.29 is 13.2 Å². The average molecular weight is 483 g/mol. The third-order valence-corrected chi connectivity index (χ3v) is 4.25. The van der Waals surface area contributed by atoms with Crippen molar-refractivity contribution in [3.8, 4) is 5.75 Å². The molecule has 1 aromatic rings. The maximum Gasteiger partial charge on any atom is 0.191 e. The van der Waals surface area contributed by atoms with Crippen molar-refractivity contribution >= 4 is 39.8 Å². The topological polar surface area (TPSA) is 79.8 Å². The van der Waals surface area contributed by atoms with Crippen molar-refractivity contribution in [1.29, 1.82) is 0 Å². The van der Waals surface area contributed by atoms with Crippen molar-refractivity contribution in [3.63, 3.8) is 0 Å². The van der Waals surface area contributed by atoms with Crippen LogP contribution < -0.4 is 15.4 Å². The van der Waals surface area contributed by atoms with E-state index in [0.29, 0.717) is 25.0 Å². The summed E-state index contributed by atoms with van der Waals surface area (Å²) >= 11 is 0. The van der Waals surface area contributed by atoms with E-state index in [9.17, 15) is 8.42 Å². The highest BCUT2D eigenvalue weighted by molar-refractivity contribution is 14.0. The minimum atomic E-state index is -2.98. The highest BCUT2D eigenvalue weighted by Crippen LogP contribution is 2.18. The molecule has 1 unspecified atom stereocenters. The molecule has 0 radical (unpaired) electrons. The van der Waals surface area contributed by atoms with E-state index in [-0.39, 0.29) is 35.8 Å². The second kappa shape index (κ2) is 11.6. The van der Waals surface area contributed by atoms with Gasteiger partial charge in [0.1, 0.15) is 15.6 Å². The van der Waals surface area contributed by atoms with Gasteiger partial charge in [-0.1, -0.05) is 26.0 Å². The molecule has 0 saturated heterocycles. The van der Waals surface area contributed by atoms with Crippen LogP contribution in [0.5, 0.6) is 5.75 Å². The lowest BCUT2D eigenvalue weighted by molar-refractivity contribution is 0.271. The predicted molar refractivity (Wildman–Crippen MR) is 115 cm³/mol. The molecule has 6 nitrogen and oxygen atoms in total. The number of benzene rings is 1. The summed E-state index contributed by atoms with van der Waals surface area (Å²) in [5.41, 5.74) is 1.10. The zero-order valence-electron chi connectivity index (χ0n) is 15.6. The Morgan fingerprint density at radius 3 is 2.28 bits per heavy atom. The molecule has 8 heteroatoms. The molecule has 2 N–H and O–H groups in total. The highest BCUT2D eigenvalue weighted by atomic mass is 127. The summed E-state index contributed by atoms with van der Waals surface area (Å²) in [4.78, 5) is 4.11. The van der Waals surface area contributed by atoms with Crippen LogP contribution in [0, 0.1) is 5.92 Å². The van der Waals surface area contributed by atoms with E-state index in [1.165, 1.54) is 6.26 Å². The lowest BCUT2D eigenvalue weighted by Gasteiger charge is -2.18. The van der Waals surface area contributed by atoms with E-state index < -0.39 is 9.84 Å². The minimum Gasteiger partial charge on any atom is -0.493 e. The maximum atomic E-state index is 11.2. The molecule has 1 aromatic carbocycles. The Kier molecular flexibility index (Phi) is 11.1. The van der Waals surface area contributed by atoms with Gasteiger partial charge in [0.15, 0.2) is 5.96 Å². The number of sulfone groups is 1. The molecule has 25 heavy (non-hydrogen) atoms. The second-order valence-electron chi connectivity index (χ2n) is 6.27. The van der Waals surface area contributed by atoms with E-state index in [1.54, 1.807) is 7.05 Å². The molecule has 0 aliphatic heterocycles. The summed E-state index contributed by atoms with van der Waals surface area (Å²) < 4.78 is 28.0. The molecule has 0 amide bonds. The number of aliphatic imine (C=N–C) groups is 1. The van der Waals surface area contributed by atoms with E-state index in [4.69, 9.17) is 4.74 Å². The van der Waals surface area contributed by atoms with Gasteiger partial charge >= 0.3 is 0 Å². The van der Waals surface area contributed by atoms with E-state index in [1.807, 2.05) is 31.2 Å². The van der Waals surface area contributed by atoms with Gasteiger partial charge in [0, 0.05) is 19.8 Å². The summed E-state index contributed by atoms with van der Waals surface area (Å²) in [7, 11) is -1.33.